The second-order valence-corrected chi connectivity index (χ2v) is 5.33. The van der Waals surface area contributed by atoms with Crippen molar-refractivity contribution in [1.82, 2.24) is 10.2 Å². The van der Waals surface area contributed by atoms with Gasteiger partial charge >= 0.3 is 0 Å². The zero-order valence-electron chi connectivity index (χ0n) is 12.7. The van der Waals surface area contributed by atoms with Crippen molar-refractivity contribution in [1.29, 1.82) is 0 Å². The Bertz CT molecular complexity index is 569. The number of anilines is 1. The summed E-state index contributed by atoms with van der Waals surface area (Å²) in [6.45, 7) is 9.77. The average molecular weight is 273 g/mol. The van der Waals surface area contributed by atoms with Gasteiger partial charge in [-0.2, -0.15) is 5.10 Å². The van der Waals surface area contributed by atoms with E-state index in [1.807, 2.05) is 26.0 Å². The first-order valence-corrected chi connectivity index (χ1v) is 7.19. The summed E-state index contributed by atoms with van der Waals surface area (Å²) in [5, 5.41) is 14.3. The van der Waals surface area contributed by atoms with Crippen molar-refractivity contribution in [3.8, 4) is 0 Å². The van der Waals surface area contributed by atoms with Gasteiger partial charge in [-0.15, -0.1) is 5.10 Å². The number of ether oxygens (including phenoxy) is 1. The molecule has 1 heterocycles. The van der Waals surface area contributed by atoms with Gasteiger partial charge < -0.3 is 10.1 Å². The fourth-order valence-corrected chi connectivity index (χ4v) is 2.17. The van der Waals surface area contributed by atoms with Crippen LogP contribution in [0.4, 0.5) is 5.82 Å². The highest BCUT2D eigenvalue weighted by molar-refractivity contribution is 5.92. The fourth-order valence-electron chi connectivity index (χ4n) is 2.17. The molecule has 1 N–H and O–H groups in total. The van der Waals surface area contributed by atoms with Crippen LogP contribution in [0.5, 0.6) is 0 Å². The molecule has 0 saturated carbocycles. The van der Waals surface area contributed by atoms with Gasteiger partial charge in [0.05, 0.1) is 18.3 Å². The van der Waals surface area contributed by atoms with E-state index in [9.17, 15) is 0 Å². The zero-order chi connectivity index (χ0) is 14.5. The lowest BCUT2D eigenvalue weighted by molar-refractivity contribution is 0.126. The minimum absolute atomic E-state index is 0.232. The number of aryl methyl sites for hydroxylation is 1. The molecule has 20 heavy (non-hydrogen) atoms. The number of aromatic nitrogens is 2. The van der Waals surface area contributed by atoms with Gasteiger partial charge in [-0.05, 0) is 19.8 Å². The van der Waals surface area contributed by atoms with Crippen LogP contribution in [0.3, 0.4) is 0 Å². The topological polar surface area (TPSA) is 47.0 Å². The van der Waals surface area contributed by atoms with Crippen molar-refractivity contribution in [2.75, 3.05) is 18.5 Å². The second-order valence-electron chi connectivity index (χ2n) is 5.33. The second kappa shape index (κ2) is 6.66. The molecule has 0 bridgehead atoms. The molecule has 0 saturated heterocycles. The Labute approximate surface area is 120 Å². The fraction of sp³-hybridized carbons (Fsp3) is 0.500. The molecule has 0 fully saturated rings. The van der Waals surface area contributed by atoms with Crippen LogP contribution in [0.2, 0.25) is 0 Å². The third kappa shape index (κ3) is 3.25. The Balaban J connectivity index is 2.30. The Kier molecular flexibility index (Phi) is 4.90. The molecule has 0 aliphatic heterocycles. The summed E-state index contributed by atoms with van der Waals surface area (Å²) in [7, 11) is 0. The largest absolute Gasteiger partial charge is 0.380 e. The molecular formula is C16H23N3O. The molecule has 0 aliphatic rings. The molecular weight excluding hydrogens is 250 g/mol. The Morgan fingerprint density at radius 1 is 1.15 bits per heavy atom. The minimum atomic E-state index is 0.232. The number of hydrogen-bond acceptors (Lipinski definition) is 4. The maximum absolute atomic E-state index is 5.55. The highest BCUT2D eigenvalue weighted by Gasteiger charge is 2.16. The molecule has 0 spiro atoms. The SMILES string of the molecule is CCOCC(Nc1nnc(C)c2ccccc12)C(C)C. The van der Waals surface area contributed by atoms with Crippen LogP contribution >= 0.6 is 0 Å². The molecule has 4 heteroatoms. The van der Waals surface area contributed by atoms with Crippen LogP contribution in [-0.4, -0.2) is 29.5 Å². The summed E-state index contributed by atoms with van der Waals surface area (Å²) in [4.78, 5) is 0. The highest BCUT2D eigenvalue weighted by atomic mass is 16.5. The number of hydrogen-bond donors (Lipinski definition) is 1. The maximum Gasteiger partial charge on any atom is 0.156 e. The van der Waals surface area contributed by atoms with Crippen molar-refractivity contribution in [2.45, 2.75) is 33.7 Å². The summed E-state index contributed by atoms with van der Waals surface area (Å²) in [5.41, 5.74) is 0.956. The van der Waals surface area contributed by atoms with Gasteiger partial charge in [0.2, 0.25) is 0 Å². The lowest BCUT2D eigenvalue weighted by Crippen LogP contribution is -2.31. The summed E-state index contributed by atoms with van der Waals surface area (Å²) in [5.74, 6) is 1.30. The molecule has 2 aromatic rings. The van der Waals surface area contributed by atoms with Crippen molar-refractivity contribution >= 4 is 16.6 Å². The van der Waals surface area contributed by atoms with Crippen LogP contribution in [0.15, 0.2) is 24.3 Å². The summed E-state index contributed by atoms with van der Waals surface area (Å²) < 4.78 is 5.55. The Hall–Kier alpha value is -1.68. The third-order valence-electron chi connectivity index (χ3n) is 3.50. The van der Waals surface area contributed by atoms with Gasteiger partial charge in [0.1, 0.15) is 0 Å². The van der Waals surface area contributed by atoms with Gasteiger partial charge in [-0.1, -0.05) is 38.1 Å². The standard InChI is InChI=1S/C16H23N3O/c1-5-20-10-15(11(2)3)17-16-14-9-7-6-8-13(14)12(4)18-19-16/h6-9,11,15H,5,10H2,1-4H3,(H,17,19). The van der Waals surface area contributed by atoms with E-state index in [0.29, 0.717) is 12.5 Å². The van der Waals surface area contributed by atoms with E-state index < -0.39 is 0 Å². The molecule has 108 valence electrons. The predicted octanol–water partition coefficient (Wildman–Crippen LogP) is 3.41. The van der Waals surface area contributed by atoms with Crippen molar-refractivity contribution < 1.29 is 4.74 Å². The molecule has 1 aromatic carbocycles. The van der Waals surface area contributed by atoms with Gasteiger partial charge in [0.25, 0.3) is 0 Å². The number of benzene rings is 1. The lowest BCUT2D eigenvalue weighted by Gasteiger charge is -2.23. The summed E-state index contributed by atoms with van der Waals surface area (Å²) in [6, 6.07) is 8.45. The van der Waals surface area contributed by atoms with E-state index in [1.165, 1.54) is 0 Å². The summed E-state index contributed by atoms with van der Waals surface area (Å²) in [6.07, 6.45) is 0. The minimum Gasteiger partial charge on any atom is -0.380 e. The van der Waals surface area contributed by atoms with Crippen molar-refractivity contribution in [2.24, 2.45) is 5.92 Å². The molecule has 1 atom stereocenters. The van der Waals surface area contributed by atoms with Gasteiger partial charge in [-0.25, -0.2) is 0 Å². The van der Waals surface area contributed by atoms with Crippen LogP contribution in [-0.2, 0) is 4.74 Å². The molecule has 0 radical (unpaired) electrons. The van der Waals surface area contributed by atoms with Crippen LogP contribution in [0, 0.1) is 12.8 Å². The first-order chi connectivity index (χ1) is 9.63. The molecule has 0 aliphatic carbocycles. The van der Waals surface area contributed by atoms with E-state index >= 15 is 0 Å². The average Bonchev–Trinajstić information content (AvgIpc) is 2.45. The van der Waals surface area contributed by atoms with Gasteiger partial charge in [0, 0.05) is 17.4 Å². The molecule has 0 amide bonds. The van der Waals surface area contributed by atoms with Gasteiger partial charge in [0.15, 0.2) is 5.82 Å². The summed E-state index contributed by atoms with van der Waals surface area (Å²) >= 11 is 0. The van der Waals surface area contributed by atoms with E-state index in [2.05, 4.69) is 41.5 Å². The van der Waals surface area contributed by atoms with Gasteiger partial charge in [-0.3, -0.25) is 0 Å². The van der Waals surface area contributed by atoms with Crippen molar-refractivity contribution in [3.63, 3.8) is 0 Å². The number of nitrogens with zero attached hydrogens (tertiary/aromatic N) is 2. The van der Waals surface area contributed by atoms with Crippen molar-refractivity contribution in [3.05, 3.63) is 30.0 Å². The Morgan fingerprint density at radius 2 is 1.85 bits per heavy atom. The van der Waals surface area contributed by atoms with E-state index in [4.69, 9.17) is 4.74 Å². The molecule has 2 rings (SSSR count). The van der Waals surface area contributed by atoms with E-state index in [-0.39, 0.29) is 6.04 Å². The normalized spacial score (nSPS) is 12.8. The van der Waals surface area contributed by atoms with Crippen LogP contribution in [0.25, 0.3) is 10.8 Å². The third-order valence-corrected chi connectivity index (χ3v) is 3.50. The molecule has 1 aromatic heterocycles. The Morgan fingerprint density at radius 3 is 2.50 bits per heavy atom. The van der Waals surface area contributed by atoms with Crippen LogP contribution in [0.1, 0.15) is 26.5 Å². The molecule has 1 unspecified atom stereocenters. The number of rotatable bonds is 6. The molecule has 4 nitrogen and oxygen atoms in total. The predicted molar refractivity (Wildman–Crippen MR) is 83.0 cm³/mol. The quantitative estimate of drug-likeness (QED) is 0.876. The zero-order valence-corrected chi connectivity index (χ0v) is 12.7. The monoisotopic (exact) mass is 273 g/mol. The smallest absolute Gasteiger partial charge is 0.156 e. The van der Waals surface area contributed by atoms with E-state index in [1.54, 1.807) is 0 Å². The maximum atomic E-state index is 5.55. The lowest BCUT2D eigenvalue weighted by atomic mass is 10.0. The first kappa shape index (κ1) is 14.7. The first-order valence-electron chi connectivity index (χ1n) is 7.19. The number of fused-ring (bicyclic) bond motifs is 1. The van der Waals surface area contributed by atoms with Crippen LogP contribution < -0.4 is 5.32 Å². The van der Waals surface area contributed by atoms with E-state index in [0.717, 1.165) is 28.9 Å². The highest BCUT2D eigenvalue weighted by Crippen LogP contribution is 2.23. The number of nitrogens with one attached hydrogen (secondary N) is 1.